The van der Waals surface area contributed by atoms with Gasteiger partial charge in [-0.2, -0.15) is 13.2 Å². The molecule has 2 unspecified atom stereocenters. The number of piperidine rings is 1. The van der Waals surface area contributed by atoms with Gasteiger partial charge in [0.1, 0.15) is 6.04 Å². The highest BCUT2D eigenvalue weighted by Gasteiger charge is 2.43. The molecule has 0 bridgehead atoms. The van der Waals surface area contributed by atoms with Crippen molar-refractivity contribution < 1.29 is 13.2 Å². The Labute approximate surface area is 101 Å². The average molecular weight is 253 g/mol. The summed E-state index contributed by atoms with van der Waals surface area (Å²) in [5.74, 6) is 0. The summed E-state index contributed by atoms with van der Waals surface area (Å²) < 4.78 is 38.7. The van der Waals surface area contributed by atoms with Crippen LogP contribution in [0.3, 0.4) is 0 Å². The summed E-state index contributed by atoms with van der Waals surface area (Å²) >= 11 is 0. The molecular formula is C11H22F3N3. The Morgan fingerprint density at radius 3 is 2.59 bits per heavy atom. The summed E-state index contributed by atoms with van der Waals surface area (Å²) in [4.78, 5) is 3.54. The van der Waals surface area contributed by atoms with Crippen molar-refractivity contribution in [3.05, 3.63) is 0 Å². The topological polar surface area (TPSA) is 32.5 Å². The van der Waals surface area contributed by atoms with E-state index in [-0.39, 0.29) is 19.0 Å². The lowest BCUT2D eigenvalue weighted by Crippen LogP contribution is -2.54. The molecule has 0 aromatic carbocycles. The van der Waals surface area contributed by atoms with Gasteiger partial charge in [-0.3, -0.25) is 4.90 Å². The summed E-state index contributed by atoms with van der Waals surface area (Å²) in [7, 11) is 3.52. The molecule has 17 heavy (non-hydrogen) atoms. The summed E-state index contributed by atoms with van der Waals surface area (Å²) in [6, 6.07) is -1.43. The Morgan fingerprint density at radius 1 is 1.47 bits per heavy atom. The summed E-state index contributed by atoms with van der Waals surface area (Å²) in [6.45, 7) is 1.74. The molecule has 0 amide bonds. The Balaban J connectivity index is 2.66. The fraction of sp³-hybridized carbons (Fsp3) is 1.00. The van der Waals surface area contributed by atoms with Crippen LogP contribution in [0.2, 0.25) is 0 Å². The molecule has 2 atom stereocenters. The van der Waals surface area contributed by atoms with E-state index in [0.29, 0.717) is 6.54 Å². The van der Waals surface area contributed by atoms with Crippen molar-refractivity contribution >= 4 is 0 Å². The van der Waals surface area contributed by atoms with Gasteiger partial charge in [0, 0.05) is 12.6 Å². The second-order valence-corrected chi connectivity index (χ2v) is 4.86. The van der Waals surface area contributed by atoms with Gasteiger partial charge in [-0.15, -0.1) is 0 Å². The number of alkyl halides is 3. The van der Waals surface area contributed by atoms with Gasteiger partial charge in [-0.25, -0.2) is 0 Å². The number of nitrogens with two attached hydrogens (primary N) is 1. The molecule has 0 saturated carbocycles. The van der Waals surface area contributed by atoms with Crippen LogP contribution in [0.4, 0.5) is 13.2 Å². The number of likely N-dealkylation sites (N-methyl/N-ethyl adjacent to an activating group) is 2. The van der Waals surface area contributed by atoms with E-state index in [2.05, 4.69) is 4.90 Å². The number of halogens is 3. The first-order valence-corrected chi connectivity index (χ1v) is 6.03. The van der Waals surface area contributed by atoms with E-state index in [1.54, 1.807) is 7.05 Å². The molecule has 0 aromatic rings. The minimum absolute atomic E-state index is 0.0214. The Morgan fingerprint density at radius 2 is 2.12 bits per heavy atom. The molecule has 0 aromatic heterocycles. The van der Waals surface area contributed by atoms with E-state index in [0.717, 1.165) is 19.4 Å². The van der Waals surface area contributed by atoms with E-state index in [1.165, 1.54) is 4.90 Å². The molecule has 1 aliphatic rings. The summed E-state index contributed by atoms with van der Waals surface area (Å²) in [5.41, 5.74) is 5.28. The molecule has 6 heteroatoms. The number of rotatable bonds is 4. The molecule has 1 rings (SSSR count). The van der Waals surface area contributed by atoms with Crippen LogP contribution >= 0.6 is 0 Å². The zero-order valence-electron chi connectivity index (χ0n) is 10.5. The largest absolute Gasteiger partial charge is 0.404 e. The minimum Gasteiger partial charge on any atom is -0.330 e. The highest BCUT2D eigenvalue weighted by Crippen LogP contribution is 2.29. The van der Waals surface area contributed by atoms with Crippen LogP contribution in [-0.4, -0.2) is 61.8 Å². The smallest absolute Gasteiger partial charge is 0.330 e. The van der Waals surface area contributed by atoms with Gasteiger partial charge in [0.15, 0.2) is 0 Å². The molecule has 0 spiro atoms. The van der Waals surface area contributed by atoms with Gasteiger partial charge >= 0.3 is 6.18 Å². The van der Waals surface area contributed by atoms with Crippen molar-refractivity contribution in [2.75, 3.05) is 33.7 Å². The van der Waals surface area contributed by atoms with E-state index in [1.807, 2.05) is 7.05 Å². The first kappa shape index (κ1) is 14.7. The van der Waals surface area contributed by atoms with E-state index < -0.39 is 12.2 Å². The molecule has 0 radical (unpaired) electrons. The third kappa shape index (κ3) is 4.12. The van der Waals surface area contributed by atoms with Gasteiger partial charge in [-0.05, 0) is 46.4 Å². The van der Waals surface area contributed by atoms with Crippen LogP contribution in [0, 0.1) is 0 Å². The first-order chi connectivity index (χ1) is 7.86. The second-order valence-electron chi connectivity index (χ2n) is 4.86. The normalized spacial score (nSPS) is 25.2. The fourth-order valence-corrected chi connectivity index (χ4v) is 2.48. The number of nitrogens with zero attached hydrogens (tertiary/aromatic N) is 2. The number of hydrogen-bond donors (Lipinski definition) is 1. The third-order valence-corrected chi connectivity index (χ3v) is 3.49. The molecule has 1 aliphatic heterocycles. The molecule has 1 fully saturated rings. The standard InChI is InChI=1S/C11H22F3N3/c1-16-7-3-4-9(8-16)17(2)10(5-6-15)11(12,13)14/h9-10H,3-8,15H2,1-2H3. The Hall–Kier alpha value is -0.330. The van der Waals surface area contributed by atoms with E-state index in [4.69, 9.17) is 5.73 Å². The third-order valence-electron chi connectivity index (χ3n) is 3.49. The lowest BCUT2D eigenvalue weighted by molar-refractivity contribution is -0.188. The zero-order chi connectivity index (χ0) is 13.1. The number of hydrogen-bond acceptors (Lipinski definition) is 3. The maximum atomic E-state index is 12.9. The molecular weight excluding hydrogens is 231 g/mol. The maximum Gasteiger partial charge on any atom is 0.404 e. The molecule has 2 N–H and O–H groups in total. The summed E-state index contributed by atoms with van der Waals surface area (Å²) in [6.07, 6.45) is -2.43. The number of likely N-dealkylation sites (tertiary alicyclic amines) is 1. The summed E-state index contributed by atoms with van der Waals surface area (Å²) in [5, 5.41) is 0. The van der Waals surface area contributed by atoms with Crippen LogP contribution in [-0.2, 0) is 0 Å². The molecule has 102 valence electrons. The van der Waals surface area contributed by atoms with Crippen molar-refractivity contribution in [2.45, 2.75) is 37.5 Å². The van der Waals surface area contributed by atoms with Crippen LogP contribution in [0.15, 0.2) is 0 Å². The van der Waals surface area contributed by atoms with Crippen molar-refractivity contribution in [1.82, 2.24) is 9.80 Å². The predicted molar refractivity (Wildman–Crippen MR) is 61.8 cm³/mol. The minimum atomic E-state index is -4.19. The van der Waals surface area contributed by atoms with Crippen LogP contribution in [0.25, 0.3) is 0 Å². The van der Waals surface area contributed by atoms with Gasteiger partial charge in [0.25, 0.3) is 0 Å². The van der Waals surface area contributed by atoms with Crippen LogP contribution < -0.4 is 5.73 Å². The lowest BCUT2D eigenvalue weighted by atomic mass is 10.0. The highest BCUT2D eigenvalue weighted by molar-refractivity contribution is 4.85. The van der Waals surface area contributed by atoms with Crippen molar-refractivity contribution in [1.29, 1.82) is 0 Å². The Bertz CT molecular complexity index is 232. The highest BCUT2D eigenvalue weighted by atomic mass is 19.4. The zero-order valence-corrected chi connectivity index (χ0v) is 10.5. The van der Waals surface area contributed by atoms with Crippen molar-refractivity contribution in [3.63, 3.8) is 0 Å². The van der Waals surface area contributed by atoms with Crippen molar-refractivity contribution in [3.8, 4) is 0 Å². The molecule has 1 heterocycles. The van der Waals surface area contributed by atoms with E-state index in [9.17, 15) is 13.2 Å². The molecule has 0 aliphatic carbocycles. The average Bonchev–Trinajstić information content (AvgIpc) is 2.23. The van der Waals surface area contributed by atoms with Gasteiger partial charge in [-0.1, -0.05) is 0 Å². The quantitative estimate of drug-likeness (QED) is 0.819. The monoisotopic (exact) mass is 253 g/mol. The fourth-order valence-electron chi connectivity index (χ4n) is 2.48. The van der Waals surface area contributed by atoms with Crippen LogP contribution in [0.5, 0.6) is 0 Å². The first-order valence-electron chi connectivity index (χ1n) is 6.03. The van der Waals surface area contributed by atoms with E-state index >= 15 is 0 Å². The van der Waals surface area contributed by atoms with Gasteiger partial charge < -0.3 is 10.6 Å². The predicted octanol–water partition coefficient (Wildman–Crippen LogP) is 1.29. The SMILES string of the molecule is CN1CCCC(N(C)C(CCN)C(F)(F)F)C1. The van der Waals surface area contributed by atoms with Gasteiger partial charge in [0.2, 0.25) is 0 Å². The van der Waals surface area contributed by atoms with Crippen LogP contribution in [0.1, 0.15) is 19.3 Å². The maximum absolute atomic E-state index is 12.9. The molecule has 3 nitrogen and oxygen atoms in total. The van der Waals surface area contributed by atoms with Crippen molar-refractivity contribution in [2.24, 2.45) is 5.73 Å². The Kier molecular flexibility index (Phi) is 5.22. The second kappa shape index (κ2) is 6.02. The van der Waals surface area contributed by atoms with Gasteiger partial charge in [0.05, 0.1) is 0 Å². The molecule has 1 saturated heterocycles. The lowest BCUT2D eigenvalue weighted by Gasteiger charge is -2.40.